The molecule has 0 aromatic carbocycles. The van der Waals surface area contributed by atoms with Crippen molar-refractivity contribution in [2.24, 2.45) is 0 Å². The average molecular weight is 141 g/mol. The van der Waals surface area contributed by atoms with Crippen LogP contribution in [0.15, 0.2) is 0 Å². The fraction of sp³-hybridized carbons (Fsp3) is 0.875. The first-order chi connectivity index (χ1) is 4.57. The van der Waals surface area contributed by atoms with Gasteiger partial charge in [0.1, 0.15) is 5.78 Å². The van der Waals surface area contributed by atoms with E-state index in [4.69, 9.17) is 0 Å². The van der Waals surface area contributed by atoms with Crippen LogP contribution in [0.25, 0.3) is 0 Å². The van der Waals surface area contributed by atoms with E-state index in [0.717, 1.165) is 19.4 Å². The molecule has 1 saturated heterocycles. The molecule has 0 bridgehead atoms. The fourth-order valence-electron chi connectivity index (χ4n) is 1.54. The van der Waals surface area contributed by atoms with Crippen LogP contribution in [0.3, 0.4) is 0 Å². The Morgan fingerprint density at radius 2 is 2.20 bits per heavy atom. The van der Waals surface area contributed by atoms with Crippen LogP contribution in [-0.4, -0.2) is 29.8 Å². The zero-order chi connectivity index (χ0) is 7.78. The van der Waals surface area contributed by atoms with Gasteiger partial charge in [-0.25, -0.2) is 0 Å². The van der Waals surface area contributed by atoms with Gasteiger partial charge in [-0.2, -0.15) is 0 Å². The van der Waals surface area contributed by atoms with Gasteiger partial charge in [0, 0.05) is 0 Å². The summed E-state index contributed by atoms with van der Waals surface area (Å²) >= 11 is 0. The average Bonchev–Trinajstić information content (AvgIpc) is 2.15. The van der Waals surface area contributed by atoms with Crippen LogP contribution >= 0.6 is 0 Å². The zero-order valence-electron chi connectivity index (χ0n) is 6.98. The Morgan fingerprint density at radius 3 is 2.40 bits per heavy atom. The van der Waals surface area contributed by atoms with Gasteiger partial charge in [0.15, 0.2) is 0 Å². The standard InChI is InChI=1S/C8H15NO/c1-7(10)8(2)5-4-6-9(8)3/h4-6H2,1-3H3. The van der Waals surface area contributed by atoms with E-state index >= 15 is 0 Å². The quantitative estimate of drug-likeness (QED) is 0.544. The Morgan fingerprint density at radius 1 is 1.60 bits per heavy atom. The first-order valence-corrected chi connectivity index (χ1v) is 3.79. The van der Waals surface area contributed by atoms with Crippen molar-refractivity contribution in [2.45, 2.75) is 32.2 Å². The molecule has 0 amide bonds. The number of carbonyl (C=O) groups excluding carboxylic acids is 1. The molecule has 1 fully saturated rings. The van der Waals surface area contributed by atoms with Crippen LogP contribution in [0, 0.1) is 0 Å². The lowest BCUT2D eigenvalue weighted by atomic mass is 9.95. The number of rotatable bonds is 1. The maximum absolute atomic E-state index is 11.1. The summed E-state index contributed by atoms with van der Waals surface area (Å²) in [5, 5.41) is 0. The van der Waals surface area contributed by atoms with E-state index < -0.39 is 0 Å². The smallest absolute Gasteiger partial charge is 0.149 e. The highest BCUT2D eigenvalue weighted by Crippen LogP contribution is 2.27. The largest absolute Gasteiger partial charge is 0.298 e. The number of carbonyl (C=O) groups is 1. The summed E-state index contributed by atoms with van der Waals surface area (Å²) in [6, 6.07) is 0. The van der Waals surface area contributed by atoms with Crippen LogP contribution in [0.4, 0.5) is 0 Å². The summed E-state index contributed by atoms with van der Waals surface area (Å²) < 4.78 is 0. The topological polar surface area (TPSA) is 20.3 Å². The van der Waals surface area contributed by atoms with Crippen molar-refractivity contribution < 1.29 is 4.79 Å². The number of ketones is 1. The molecular formula is C8H15NO. The highest BCUT2D eigenvalue weighted by Gasteiger charge is 2.37. The van der Waals surface area contributed by atoms with Crippen LogP contribution in [0.5, 0.6) is 0 Å². The van der Waals surface area contributed by atoms with Crippen LogP contribution in [0.2, 0.25) is 0 Å². The van der Waals surface area contributed by atoms with Crippen molar-refractivity contribution in [3.05, 3.63) is 0 Å². The molecule has 0 radical (unpaired) electrons. The second kappa shape index (κ2) is 2.35. The summed E-state index contributed by atoms with van der Waals surface area (Å²) in [6.45, 7) is 4.78. The predicted octanol–water partition coefficient (Wildman–Crippen LogP) is 1.06. The summed E-state index contributed by atoms with van der Waals surface area (Å²) in [7, 11) is 2.02. The maximum Gasteiger partial charge on any atom is 0.149 e. The lowest BCUT2D eigenvalue weighted by Gasteiger charge is -2.28. The molecule has 1 rings (SSSR count). The third kappa shape index (κ3) is 0.966. The monoisotopic (exact) mass is 141 g/mol. The SMILES string of the molecule is CC(=O)C1(C)CCCN1C. The van der Waals surface area contributed by atoms with Gasteiger partial charge in [-0.05, 0) is 40.3 Å². The summed E-state index contributed by atoms with van der Waals surface area (Å²) in [6.07, 6.45) is 2.19. The molecule has 0 N–H and O–H groups in total. The van der Waals surface area contributed by atoms with E-state index in [0.29, 0.717) is 5.78 Å². The molecule has 0 aromatic rings. The minimum Gasteiger partial charge on any atom is -0.298 e. The first kappa shape index (κ1) is 7.73. The van der Waals surface area contributed by atoms with Gasteiger partial charge in [0.05, 0.1) is 5.54 Å². The molecule has 1 heterocycles. The third-order valence-corrected chi connectivity index (χ3v) is 2.76. The molecule has 1 aliphatic rings. The molecule has 1 unspecified atom stereocenters. The molecule has 2 heteroatoms. The van der Waals surface area contributed by atoms with Gasteiger partial charge >= 0.3 is 0 Å². The predicted molar refractivity (Wildman–Crippen MR) is 41.0 cm³/mol. The van der Waals surface area contributed by atoms with Gasteiger partial charge in [0.2, 0.25) is 0 Å². The first-order valence-electron chi connectivity index (χ1n) is 3.79. The Kier molecular flexibility index (Phi) is 1.82. The normalized spacial score (nSPS) is 34.7. The van der Waals surface area contributed by atoms with Crippen molar-refractivity contribution in [1.29, 1.82) is 0 Å². The molecular weight excluding hydrogens is 126 g/mol. The Bertz CT molecular complexity index is 155. The fourth-order valence-corrected chi connectivity index (χ4v) is 1.54. The van der Waals surface area contributed by atoms with Crippen LogP contribution in [-0.2, 0) is 4.79 Å². The second-order valence-corrected chi connectivity index (χ2v) is 3.36. The van der Waals surface area contributed by atoms with E-state index in [9.17, 15) is 4.79 Å². The number of Topliss-reactive ketones (excluding diaryl/α,β-unsaturated/α-hetero) is 1. The number of likely N-dealkylation sites (N-methyl/N-ethyl adjacent to an activating group) is 1. The molecule has 2 nitrogen and oxygen atoms in total. The number of hydrogen-bond donors (Lipinski definition) is 0. The number of hydrogen-bond acceptors (Lipinski definition) is 2. The van der Waals surface area contributed by atoms with Crippen molar-refractivity contribution >= 4 is 5.78 Å². The molecule has 1 aliphatic heterocycles. The summed E-state index contributed by atoms with van der Waals surface area (Å²) in [5.74, 6) is 0.299. The summed E-state index contributed by atoms with van der Waals surface area (Å²) in [4.78, 5) is 13.3. The van der Waals surface area contributed by atoms with Crippen molar-refractivity contribution in [3.63, 3.8) is 0 Å². The van der Waals surface area contributed by atoms with E-state index in [-0.39, 0.29) is 5.54 Å². The zero-order valence-corrected chi connectivity index (χ0v) is 6.98. The number of likely N-dealkylation sites (tertiary alicyclic amines) is 1. The maximum atomic E-state index is 11.1. The van der Waals surface area contributed by atoms with Crippen molar-refractivity contribution in [3.8, 4) is 0 Å². The highest BCUT2D eigenvalue weighted by atomic mass is 16.1. The van der Waals surface area contributed by atoms with E-state index in [1.165, 1.54) is 0 Å². The Balaban J connectivity index is 2.75. The molecule has 1 atom stereocenters. The number of nitrogens with zero attached hydrogens (tertiary/aromatic N) is 1. The van der Waals surface area contributed by atoms with Gasteiger partial charge in [-0.3, -0.25) is 9.69 Å². The molecule has 10 heavy (non-hydrogen) atoms. The molecule has 0 aliphatic carbocycles. The van der Waals surface area contributed by atoms with Gasteiger partial charge in [-0.1, -0.05) is 0 Å². The van der Waals surface area contributed by atoms with Crippen molar-refractivity contribution in [2.75, 3.05) is 13.6 Å². The third-order valence-electron chi connectivity index (χ3n) is 2.76. The molecule has 58 valence electrons. The van der Waals surface area contributed by atoms with Gasteiger partial charge < -0.3 is 0 Å². The van der Waals surface area contributed by atoms with Gasteiger partial charge in [0.25, 0.3) is 0 Å². The van der Waals surface area contributed by atoms with Crippen molar-refractivity contribution in [1.82, 2.24) is 4.90 Å². The lowest BCUT2D eigenvalue weighted by molar-refractivity contribution is -0.125. The van der Waals surface area contributed by atoms with Crippen LogP contribution < -0.4 is 0 Å². The molecule has 0 aromatic heterocycles. The van der Waals surface area contributed by atoms with E-state index in [1.807, 2.05) is 14.0 Å². The Hall–Kier alpha value is -0.370. The van der Waals surface area contributed by atoms with E-state index in [2.05, 4.69) is 4.90 Å². The minimum atomic E-state index is -0.153. The highest BCUT2D eigenvalue weighted by molar-refractivity contribution is 5.85. The van der Waals surface area contributed by atoms with E-state index in [1.54, 1.807) is 6.92 Å². The molecule has 0 spiro atoms. The summed E-state index contributed by atoms with van der Waals surface area (Å²) in [5.41, 5.74) is -0.153. The van der Waals surface area contributed by atoms with Crippen LogP contribution in [0.1, 0.15) is 26.7 Å². The van der Waals surface area contributed by atoms with Gasteiger partial charge in [-0.15, -0.1) is 0 Å². The minimum absolute atomic E-state index is 0.153. The Labute approximate surface area is 62.2 Å². The lowest BCUT2D eigenvalue weighted by Crippen LogP contribution is -2.44. The second-order valence-electron chi connectivity index (χ2n) is 3.36. The molecule has 0 saturated carbocycles.